The zero-order chi connectivity index (χ0) is 19.6. The Hall–Kier alpha value is -3.48. The molecule has 1 heterocycles. The Bertz CT molecular complexity index is 965. The number of carbonyl (C=O) groups is 3. The number of nitrogens with two attached hydrogens (primary N) is 1. The lowest BCUT2D eigenvalue weighted by Crippen LogP contribution is -2.37. The number of rotatable bonds is 4. The maximum Gasteiger partial charge on any atom is 0.271 e. The van der Waals surface area contributed by atoms with Crippen molar-refractivity contribution in [2.45, 2.75) is 26.7 Å². The van der Waals surface area contributed by atoms with Crippen molar-refractivity contribution in [3.63, 3.8) is 0 Å². The number of benzene rings is 2. The molecule has 27 heavy (non-hydrogen) atoms. The van der Waals surface area contributed by atoms with E-state index in [0.717, 1.165) is 11.1 Å². The van der Waals surface area contributed by atoms with Gasteiger partial charge >= 0.3 is 0 Å². The monoisotopic (exact) mass is 364 g/mol. The minimum absolute atomic E-state index is 0.169. The maximum atomic E-state index is 12.6. The van der Waals surface area contributed by atoms with Crippen molar-refractivity contribution in [3.05, 3.63) is 59.2 Å². The van der Waals surface area contributed by atoms with Crippen LogP contribution in [0.15, 0.2) is 47.6 Å². The van der Waals surface area contributed by atoms with Crippen LogP contribution in [-0.4, -0.2) is 23.4 Å². The lowest BCUT2D eigenvalue weighted by Gasteiger charge is -2.25. The summed E-state index contributed by atoms with van der Waals surface area (Å²) in [7, 11) is 0. The fourth-order valence-electron chi connectivity index (χ4n) is 2.85. The number of para-hydroxylation sites is 1. The van der Waals surface area contributed by atoms with Gasteiger partial charge in [0.2, 0.25) is 5.91 Å². The lowest BCUT2D eigenvalue weighted by atomic mass is 10.1. The highest BCUT2D eigenvalue weighted by Gasteiger charge is 2.27. The molecule has 7 nitrogen and oxygen atoms in total. The third-order valence-corrected chi connectivity index (χ3v) is 4.33. The van der Waals surface area contributed by atoms with E-state index in [1.807, 2.05) is 32.0 Å². The number of amides is 3. The van der Waals surface area contributed by atoms with Crippen LogP contribution in [0.5, 0.6) is 0 Å². The molecule has 2 aromatic carbocycles. The molecule has 0 fully saturated rings. The van der Waals surface area contributed by atoms with Gasteiger partial charge in [0, 0.05) is 12.8 Å². The summed E-state index contributed by atoms with van der Waals surface area (Å²) in [4.78, 5) is 36.5. The molecule has 2 aromatic rings. The highest BCUT2D eigenvalue weighted by molar-refractivity contribution is 6.44. The standard InChI is InChI=1S/C20H20N4O3/c1-12-7-8-13(2)17(11-12)24-18(25)10-9-16(23-24)20(27)22-15-6-4-3-5-14(15)19(21)26/h3-8,11H,9-10H2,1-2H3,(H2,21,26)(H,22,27). The quantitative estimate of drug-likeness (QED) is 0.871. The van der Waals surface area contributed by atoms with Crippen molar-refractivity contribution in [2.24, 2.45) is 10.8 Å². The van der Waals surface area contributed by atoms with Gasteiger partial charge < -0.3 is 11.1 Å². The first-order valence-corrected chi connectivity index (χ1v) is 8.54. The number of hydrogen-bond acceptors (Lipinski definition) is 4. The summed E-state index contributed by atoms with van der Waals surface area (Å²) in [5.74, 6) is -1.27. The van der Waals surface area contributed by atoms with E-state index in [2.05, 4.69) is 10.4 Å². The first-order valence-electron chi connectivity index (χ1n) is 8.54. The van der Waals surface area contributed by atoms with Crippen molar-refractivity contribution >= 4 is 34.8 Å². The molecule has 0 radical (unpaired) electrons. The van der Waals surface area contributed by atoms with E-state index in [0.29, 0.717) is 11.4 Å². The van der Waals surface area contributed by atoms with Crippen LogP contribution in [0.4, 0.5) is 11.4 Å². The zero-order valence-electron chi connectivity index (χ0n) is 15.2. The van der Waals surface area contributed by atoms with Crippen LogP contribution < -0.4 is 16.1 Å². The Morgan fingerprint density at radius 2 is 1.85 bits per heavy atom. The maximum absolute atomic E-state index is 12.6. The van der Waals surface area contributed by atoms with Crippen LogP contribution in [-0.2, 0) is 9.59 Å². The molecule has 0 aromatic heterocycles. The van der Waals surface area contributed by atoms with Crippen molar-refractivity contribution in [3.8, 4) is 0 Å². The number of hydrazone groups is 1. The van der Waals surface area contributed by atoms with Gasteiger partial charge in [0.05, 0.1) is 16.9 Å². The second-order valence-electron chi connectivity index (χ2n) is 6.41. The van der Waals surface area contributed by atoms with Crippen molar-refractivity contribution < 1.29 is 14.4 Å². The minimum atomic E-state index is -0.635. The predicted octanol–water partition coefficient (Wildman–Crippen LogP) is 2.52. The minimum Gasteiger partial charge on any atom is -0.366 e. The Labute approximate surface area is 156 Å². The van der Waals surface area contributed by atoms with Gasteiger partial charge in [-0.15, -0.1) is 0 Å². The number of hydrogen-bond donors (Lipinski definition) is 2. The Kier molecular flexibility index (Phi) is 5.03. The highest BCUT2D eigenvalue weighted by atomic mass is 16.2. The van der Waals surface area contributed by atoms with Gasteiger partial charge in [-0.3, -0.25) is 14.4 Å². The number of nitrogens with one attached hydrogen (secondary N) is 1. The molecule has 1 aliphatic heterocycles. The largest absolute Gasteiger partial charge is 0.366 e. The van der Waals surface area contributed by atoms with Crippen LogP contribution >= 0.6 is 0 Å². The fourth-order valence-corrected chi connectivity index (χ4v) is 2.85. The molecule has 0 bridgehead atoms. The summed E-state index contributed by atoms with van der Waals surface area (Å²) < 4.78 is 0. The lowest BCUT2D eigenvalue weighted by molar-refractivity contribution is -0.118. The summed E-state index contributed by atoms with van der Waals surface area (Å²) in [6.45, 7) is 3.81. The number of anilines is 2. The van der Waals surface area contributed by atoms with Gasteiger partial charge in [0.25, 0.3) is 11.8 Å². The molecule has 7 heteroatoms. The summed E-state index contributed by atoms with van der Waals surface area (Å²) in [5, 5.41) is 8.22. The molecule has 0 saturated heterocycles. The Morgan fingerprint density at radius 1 is 1.11 bits per heavy atom. The molecule has 0 unspecified atom stereocenters. The molecule has 0 atom stereocenters. The van der Waals surface area contributed by atoms with Crippen LogP contribution in [0.2, 0.25) is 0 Å². The summed E-state index contributed by atoms with van der Waals surface area (Å²) in [6, 6.07) is 12.2. The molecular weight excluding hydrogens is 344 g/mol. The summed E-state index contributed by atoms with van der Waals surface area (Å²) >= 11 is 0. The molecule has 3 rings (SSSR count). The number of primary amides is 1. The van der Waals surface area contributed by atoms with Gasteiger partial charge in [-0.2, -0.15) is 5.10 Å². The fraction of sp³-hybridized carbons (Fsp3) is 0.200. The molecule has 3 N–H and O–H groups in total. The average Bonchev–Trinajstić information content (AvgIpc) is 2.64. The van der Waals surface area contributed by atoms with Gasteiger partial charge in [0.1, 0.15) is 5.71 Å². The smallest absolute Gasteiger partial charge is 0.271 e. The first kappa shape index (κ1) is 18.3. The molecular formula is C20H20N4O3. The second-order valence-corrected chi connectivity index (χ2v) is 6.41. The van der Waals surface area contributed by atoms with E-state index in [1.54, 1.807) is 18.2 Å². The van der Waals surface area contributed by atoms with Crippen molar-refractivity contribution in [2.75, 3.05) is 10.3 Å². The van der Waals surface area contributed by atoms with E-state index >= 15 is 0 Å². The SMILES string of the molecule is Cc1ccc(C)c(N2N=C(C(=O)Nc3ccccc3C(N)=O)CCC2=O)c1. The number of nitrogens with zero attached hydrogens (tertiary/aromatic N) is 2. The third-order valence-electron chi connectivity index (χ3n) is 4.33. The Balaban J connectivity index is 1.90. The second kappa shape index (κ2) is 7.41. The number of aryl methyl sites for hydroxylation is 2. The van der Waals surface area contributed by atoms with Crippen LogP contribution in [0.1, 0.15) is 34.3 Å². The predicted molar refractivity (Wildman–Crippen MR) is 104 cm³/mol. The van der Waals surface area contributed by atoms with Gasteiger partial charge in [-0.1, -0.05) is 24.3 Å². The average molecular weight is 364 g/mol. The normalized spacial score (nSPS) is 13.9. The van der Waals surface area contributed by atoms with Gasteiger partial charge in [0.15, 0.2) is 0 Å². The van der Waals surface area contributed by atoms with Crippen molar-refractivity contribution in [1.82, 2.24) is 0 Å². The molecule has 1 aliphatic rings. The van der Waals surface area contributed by atoms with E-state index in [1.165, 1.54) is 11.1 Å². The topological polar surface area (TPSA) is 105 Å². The van der Waals surface area contributed by atoms with Crippen LogP contribution in [0, 0.1) is 13.8 Å². The van der Waals surface area contributed by atoms with E-state index in [4.69, 9.17) is 5.73 Å². The molecule has 0 saturated carbocycles. The first-order chi connectivity index (χ1) is 12.9. The van der Waals surface area contributed by atoms with Crippen LogP contribution in [0.25, 0.3) is 0 Å². The molecule has 138 valence electrons. The molecule has 0 spiro atoms. The van der Waals surface area contributed by atoms with Gasteiger partial charge in [-0.25, -0.2) is 5.01 Å². The molecule has 3 amide bonds. The van der Waals surface area contributed by atoms with E-state index < -0.39 is 11.8 Å². The zero-order valence-corrected chi connectivity index (χ0v) is 15.2. The highest BCUT2D eigenvalue weighted by Crippen LogP contribution is 2.26. The summed E-state index contributed by atoms with van der Waals surface area (Å²) in [6.07, 6.45) is 0.405. The Morgan fingerprint density at radius 3 is 2.59 bits per heavy atom. The number of carbonyl (C=O) groups excluding carboxylic acids is 3. The van der Waals surface area contributed by atoms with E-state index in [9.17, 15) is 14.4 Å². The third kappa shape index (κ3) is 3.87. The summed E-state index contributed by atoms with van der Waals surface area (Å²) in [5.41, 5.74) is 8.62. The van der Waals surface area contributed by atoms with Crippen molar-refractivity contribution in [1.29, 1.82) is 0 Å². The molecule has 0 aliphatic carbocycles. The van der Waals surface area contributed by atoms with Gasteiger partial charge in [-0.05, 0) is 43.2 Å². The van der Waals surface area contributed by atoms with E-state index in [-0.39, 0.29) is 30.0 Å². The van der Waals surface area contributed by atoms with Crippen LogP contribution in [0.3, 0.4) is 0 Å².